The summed E-state index contributed by atoms with van der Waals surface area (Å²) in [5.41, 5.74) is 0.469. The number of alkyl halides is 1. The van der Waals surface area contributed by atoms with Crippen molar-refractivity contribution in [1.82, 2.24) is 4.90 Å². The second-order valence-corrected chi connectivity index (χ2v) is 11.0. The lowest BCUT2D eigenvalue weighted by Gasteiger charge is -2.26. The number of halogens is 1. The molecule has 0 aromatic heterocycles. The van der Waals surface area contributed by atoms with E-state index >= 15 is 0 Å². The van der Waals surface area contributed by atoms with Gasteiger partial charge in [0, 0.05) is 43.4 Å². The maximum atomic E-state index is 12.4. The molecule has 8 nitrogen and oxygen atoms in total. The summed E-state index contributed by atoms with van der Waals surface area (Å²) in [5, 5.41) is 10.5. The molecule has 2 aliphatic rings. The first-order valence-corrected chi connectivity index (χ1v) is 14.9. The first kappa shape index (κ1) is 31.0. The Morgan fingerprint density at radius 1 is 1.02 bits per heavy atom. The number of aliphatic hydroxyl groups is 1. The first-order valence-electron chi connectivity index (χ1n) is 14.4. The molecule has 1 aliphatic heterocycles. The molecule has 41 heavy (non-hydrogen) atoms. The van der Waals surface area contributed by atoms with E-state index in [9.17, 15) is 14.7 Å². The molecule has 2 aromatic carbocycles. The van der Waals surface area contributed by atoms with E-state index in [2.05, 4.69) is 17.1 Å². The van der Waals surface area contributed by atoms with E-state index in [-0.39, 0.29) is 23.2 Å². The maximum absolute atomic E-state index is 12.4. The number of rotatable bonds is 14. The Balaban J connectivity index is 1.16. The molecular formula is C32H40ClNO7. The van der Waals surface area contributed by atoms with Crippen molar-refractivity contribution in [3.63, 3.8) is 0 Å². The molecule has 1 N–H and O–H groups in total. The quantitative estimate of drug-likeness (QED) is 0.110. The predicted octanol–water partition coefficient (Wildman–Crippen LogP) is 4.88. The third-order valence-electron chi connectivity index (χ3n) is 7.54. The van der Waals surface area contributed by atoms with Crippen LogP contribution in [-0.4, -0.2) is 79.5 Å². The van der Waals surface area contributed by atoms with E-state index in [1.54, 1.807) is 48.5 Å². The third-order valence-corrected chi connectivity index (χ3v) is 8.05. The van der Waals surface area contributed by atoms with Crippen LogP contribution in [0.1, 0.15) is 42.5 Å². The van der Waals surface area contributed by atoms with Crippen LogP contribution in [-0.2, 0) is 14.3 Å². The molecule has 0 radical (unpaired) electrons. The van der Waals surface area contributed by atoms with Gasteiger partial charge in [0.25, 0.3) is 0 Å². The van der Waals surface area contributed by atoms with Gasteiger partial charge in [0.05, 0.1) is 31.5 Å². The van der Waals surface area contributed by atoms with Crippen LogP contribution in [0.25, 0.3) is 0 Å². The molecule has 4 rings (SSSR count). The van der Waals surface area contributed by atoms with Crippen molar-refractivity contribution in [2.45, 2.75) is 43.6 Å². The van der Waals surface area contributed by atoms with Crippen LogP contribution in [0.3, 0.4) is 0 Å². The van der Waals surface area contributed by atoms with E-state index in [1.165, 1.54) is 0 Å². The average molecular weight is 586 g/mol. The normalized spacial score (nSPS) is 23.0. The van der Waals surface area contributed by atoms with Crippen molar-refractivity contribution < 1.29 is 33.6 Å². The van der Waals surface area contributed by atoms with Gasteiger partial charge in [-0.05, 0) is 55.9 Å². The number of carbonyl (C=O) groups excluding carboxylic acids is 2. The zero-order valence-corrected chi connectivity index (χ0v) is 24.1. The molecule has 1 saturated carbocycles. The highest BCUT2D eigenvalue weighted by Gasteiger charge is 2.41. The highest BCUT2D eigenvalue weighted by molar-refractivity contribution is 6.21. The monoisotopic (exact) mass is 585 g/mol. The molecule has 0 unspecified atom stereocenters. The zero-order chi connectivity index (χ0) is 28.9. The van der Waals surface area contributed by atoms with E-state index < -0.39 is 12.1 Å². The minimum Gasteiger partial charge on any atom is -0.493 e. The summed E-state index contributed by atoms with van der Waals surface area (Å²) in [4.78, 5) is 26.6. The minimum atomic E-state index is -0.553. The summed E-state index contributed by atoms with van der Waals surface area (Å²) >= 11 is 6.60. The summed E-state index contributed by atoms with van der Waals surface area (Å²) in [7, 11) is 0. The highest BCUT2D eigenvalue weighted by Crippen LogP contribution is 2.39. The van der Waals surface area contributed by atoms with Crippen LogP contribution in [0.2, 0.25) is 0 Å². The van der Waals surface area contributed by atoms with Crippen LogP contribution < -0.4 is 9.47 Å². The van der Waals surface area contributed by atoms with Gasteiger partial charge in [0.1, 0.15) is 18.1 Å². The van der Waals surface area contributed by atoms with E-state index in [0.717, 1.165) is 52.1 Å². The van der Waals surface area contributed by atoms with E-state index in [0.29, 0.717) is 43.1 Å². The van der Waals surface area contributed by atoms with Gasteiger partial charge in [-0.15, -0.1) is 11.6 Å². The lowest BCUT2D eigenvalue weighted by molar-refractivity contribution is -0.144. The molecule has 9 heteroatoms. The molecule has 0 spiro atoms. The standard InChI is InChI=1S/C32H40ClNO7/c33-29-22-30(35)28(23-40-25-11-8-12-26(21-25)41-32(37)24-9-4-3-5-10-24)27(29)13-6-1-2-7-14-31(36)39-20-17-34-15-18-38-19-16-34/h1,3-6,8-12,21,27-30,35H,2,7,13-20,22-23H2/b6-1-/t27-,28-,29-,30-/m1/s1. The number of ether oxygens (including phenoxy) is 4. The van der Waals surface area contributed by atoms with Gasteiger partial charge in [0.15, 0.2) is 0 Å². The maximum Gasteiger partial charge on any atom is 0.343 e. The van der Waals surface area contributed by atoms with Crippen molar-refractivity contribution in [2.24, 2.45) is 11.8 Å². The third kappa shape index (κ3) is 10.1. The minimum absolute atomic E-state index is 0.0622. The SMILES string of the molecule is O=C(CCC/C=C\C[C@@H]1[C@@H](COc2cccc(OC(=O)c3ccccc3)c2)[C@H](O)C[C@H]1Cl)OCCN1CCOCC1. The topological polar surface area (TPSA) is 94.5 Å². The van der Waals surface area contributed by atoms with Crippen LogP contribution in [0.4, 0.5) is 0 Å². The fourth-order valence-electron chi connectivity index (χ4n) is 5.17. The molecule has 0 amide bonds. The smallest absolute Gasteiger partial charge is 0.343 e. The van der Waals surface area contributed by atoms with Crippen LogP contribution in [0.15, 0.2) is 66.7 Å². The van der Waals surface area contributed by atoms with Gasteiger partial charge in [0.2, 0.25) is 0 Å². The number of hydrogen-bond acceptors (Lipinski definition) is 8. The number of allylic oxidation sites excluding steroid dienone is 2. The fourth-order valence-corrected chi connectivity index (χ4v) is 5.64. The summed E-state index contributed by atoms with van der Waals surface area (Å²) < 4.78 is 22.2. The Morgan fingerprint density at radius 3 is 2.61 bits per heavy atom. The molecular weight excluding hydrogens is 546 g/mol. The number of unbranched alkanes of at least 4 members (excludes halogenated alkanes) is 1. The lowest BCUT2D eigenvalue weighted by atomic mass is 9.92. The molecule has 1 heterocycles. The molecule has 1 aliphatic carbocycles. The van der Waals surface area contributed by atoms with Gasteiger partial charge in [-0.2, -0.15) is 0 Å². The number of aliphatic hydroxyl groups excluding tert-OH is 1. The number of carbonyl (C=O) groups is 2. The van der Waals surface area contributed by atoms with Crippen LogP contribution in [0, 0.1) is 11.8 Å². The number of morpholine rings is 1. The summed E-state index contributed by atoms with van der Waals surface area (Å²) in [6, 6.07) is 15.7. The highest BCUT2D eigenvalue weighted by atomic mass is 35.5. The Morgan fingerprint density at radius 2 is 1.80 bits per heavy atom. The first-order chi connectivity index (χ1) is 20.0. The largest absolute Gasteiger partial charge is 0.493 e. The van der Waals surface area contributed by atoms with Crippen molar-refractivity contribution in [1.29, 1.82) is 0 Å². The van der Waals surface area contributed by atoms with Gasteiger partial charge in [-0.3, -0.25) is 9.69 Å². The summed E-state index contributed by atoms with van der Waals surface area (Å²) in [6.07, 6.45) is 6.72. The van der Waals surface area contributed by atoms with Crippen LogP contribution >= 0.6 is 11.6 Å². The summed E-state index contributed by atoms with van der Waals surface area (Å²) in [6.45, 7) is 4.71. The molecule has 1 saturated heterocycles. The Labute approximate surface area is 247 Å². The molecule has 222 valence electrons. The van der Waals surface area contributed by atoms with Crippen molar-refractivity contribution in [3.05, 3.63) is 72.3 Å². The van der Waals surface area contributed by atoms with Crippen molar-refractivity contribution in [3.8, 4) is 11.5 Å². The van der Waals surface area contributed by atoms with Gasteiger partial charge in [-0.25, -0.2) is 4.79 Å². The van der Waals surface area contributed by atoms with Crippen molar-refractivity contribution >= 4 is 23.5 Å². The van der Waals surface area contributed by atoms with Crippen LogP contribution in [0.5, 0.6) is 11.5 Å². The second kappa shape index (κ2) is 16.5. The number of nitrogens with zero attached hydrogens (tertiary/aromatic N) is 1. The van der Waals surface area contributed by atoms with E-state index in [4.69, 9.17) is 30.5 Å². The second-order valence-electron chi connectivity index (χ2n) is 10.5. The molecule has 2 fully saturated rings. The molecule has 4 atom stereocenters. The molecule has 2 aromatic rings. The van der Waals surface area contributed by atoms with E-state index in [1.807, 2.05) is 6.07 Å². The van der Waals surface area contributed by atoms with Gasteiger partial charge in [-0.1, -0.05) is 36.4 Å². The molecule has 0 bridgehead atoms. The van der Waals surface area contributed by atoms with Gasteiger partial charge < -0.3 is 24.1 Å². The number of benzene rings is 2. The lowest BCUT2D eigenvalue weighted by Crippen LogP contribution is -2.38. The Kier molecular flexibility index (Phi) is 12.5. The van der Waals surface area contributed by atoms with Crippen molar-refractivity contribution in [2.75, 3.05) is 46.1 Å². The predicted molar refractivity (Wildman–Crippen MR) is 156 cm³/mol. The Bertz CT molecular complexity index is 1120. The number of hydrogen-bond donors (Lipinski definition) is 1. The average Bonchev–Trinajstić information content (AvgIpc) is 3.26. The zero-order valence-electron chi connectivity index (χ0n) is 23.4. The Hall–Kier alpha value is -2.91. The number of esters is 2. The fraction of sp³-hybridized carbons (Fsp3) is 0.500. The van der Waals surface area contributed by atoms with Gasteiger partial charge >= 0.3 is 11.9 Å². The summed E-state index contributed by atoms with van der Waals surface area (Å²) in [5.74, 6) is 0.277.